The van der Waals surface area contributed by atoms with Crippen molar-refractivity contribution < 1.29 is 9.21 Å². The highest BCUT2D eigenvalue weighted by molar-refractivity contribution is 5.91. The number of nitrogens with zero attached hydrogens (tertiary/aromatic N) is 1. The molecule has 0 saturated heterocycles. The van der Waals surface area contributed by atoms with E-state index in [2.05, 4.69) is 10.3 Å². The van der Waals surface area contributed by atoms with E-state index < -0.39 is 0 Å². The molecule has 0 aromatic carbocycles. The smallest absolute Gasteiger partial charge is 0.232 e. The van der Waals surface area contributed by atoms with Gasteiger partial charge >= 0.3 is 0 Å². The molecule has 3 N–H and O–H groups in total. The Hall–Kier alpha value is -2.30. The molecule has 5 nitrogen and oxygen atoms in total. The molecule has 17 heavy (non-hydrogen) atoms. The lowest BCUT2D eigenvalue weighted by atomic mass is 10.3. The Morgan fingerprint density at radius 2 is 2.24 bits per heavy atom. The molecular formula is C12H13N3O2. The summed E-state index contributed by atoms with van der Waals surface area (Å²) in [4.78, 5) is 15.5. The number of nitrogens with one attached hydrogen (secondary N) is 1. The number of nitrogen functional groups attached to an aromatic ring is 1. The average Bonchev–Trinajstić information content (AvgIpc) is 2.67. The van der Waals surface area contributed by atoms with Crippen LogP contribution in [0.4, 0.5) is 11.5 Å². The fourth-order valence-corrected chi connectivity index (χ4v) is 1.42. The number of carbonyl (C=O) groups is 1. The second-order valence-electron chi connectivity index (χ2n) is 3.71. The summed E-state index contributed by atoms with van der Waals surface area (Å²) in [5.41, 5.74) is 6.06. The predicted molar refractivity (Wildman–Crippen MR) is 64.4 cm³/mol. The minimum Gasteiger partial charge on any atom is -0.466 e. The van der Waals surface area contributed by atoms with Crippen molar-refractivity contribution in [2.75, 3.05) is 11.1 Å². The van der Waals surface area contributed by atoms with Crippen molar-refractivity contribution >= 4 is 17.4 Å². The number of pyridine rings is 1. The first kappa shape index (κ1) is 11.2. The zero-order valence-electron chi connectivity index (χ0n) is 9.43. The molecule has 0 aliphatic rings. The number of amides is 1. The molecule has 0 radical (unpaired) electrons. The van der Waals surface area contributed by atoms with Gasteiger partial charge in [-0.3, -0.25) is 4.79 Å². The summed E-state index contributed by atoms with van der Waals surface area (Å²) in [6, 6.07) is 6.95. The largest absolute Gasteiger partial charge is 0.466 e. The van der Waals surface area contributed by atoms with Gasteiger partial charge in [0, 0.05) is 0 Å². The van der Waals surface area contributed by atoms with E-state index in [0.717, 1.165) is 5.76 Å². The van der Waals surface area contributed by atoms with Crippen LogP contribution in [0.3, 0.4) is 0 Å². The molecule has 0 fully saturated rings. The Morgan fingerprint density at radius 3 is 2.82 bits per heavy atom. The summed E-state index contributed by atoms with van der Waals surface area (Å²) in [5, 5.41) is 2.71. The summed E-state index contributed by atoms with van der Waals surface area (Å²) in [6.45, 7) is 1.84. The molecule has 2 rings (SSSR count). The molecule has 0 atom stereocenters. The number of anilines is 2. The monoisotopic (exact) mass is 231 g/mol. The van der Waals surface area contributed by atoms with Crippen molar-refractivity contribution in [3.8, 4) is 0 Å². The number of furan rings is 1. The van der Waals surface area contributed by atoms with Gasteiger partial charge in [-0.05, 0) is 31.2 Å². The van der Waals surface area contributed by atoms with Crippen molar-refractivity contribution in [2.24, 2.45) is 0 Å². The van der Waals surface area contributed by atoms with Crippen molar-refractivity contribution in [3.63, 3.8) is 0 Å². The Balaban J connectivity index is 1.95. The van der Waals surface area contributed by atoms with E-state index in [0.29, 0.717) is 17.3 Å². The molecule has 0 saturated carbocycles. The Morgan fingerprint density at radius 1 is 1.41 bits per heavy atom. The van der Waals surface area contributed by atoms with Crippen LogP contribution in [0.25, 0.3) is 0 Å². The Bertz CT molecular complexity index is 517. The van der Waals surface area contributed by atoms with Crippen molar-refractivity contribution in [2.45, 2.75) is 13.3 Å². The molecule has 0 aliphatic carbocycles. The zero-order valence-corrected chi connectivity index (χ0v) is 9.43. The third-order valence-corrected chi connectivity index (χ3v) is 2.20. The van der Waals surface area contributed by atoms with Crippen LogP contribution in [0.2, 0.25) is 0 Å². The number of aryl methyl sites for hydroxylation is 1. The number of hydrogen-bond acceptors (Lipinski definition) is 4. The second kappa shape index (κ2) is 4.69. The number of hydrogen-bond donors (Lipinski definition) is 2. The van der Waals surface area contributed by atoms with E-state index in [1.54, 1.807) is 18.2 Å². The van der Waals surface area contributed by atoms with Gasteiger partial charge in [-0.2, -0.15) is 0 Å². The van der Waals surface area contributed by atoms with Gasteiger partial charge in [-0.1, -0.05) is 0 Å². The molecule has 0 aliphatic heterocycles. The molecule has 5 heteroatoms. The molecule has 0 spiro atoms. The van der Waals surface area contributed by atoms with Gasteiger partial charge < -0.3 is 15.5 Å². The van der Waals surface area contributed by atoms with Gasteiger partial charge in [0.2, 0.25) is 5.91 Å². The molecule has 2 heterocycles. The number of nitrogens with two attached hydrogens (primary N) is 1. The number of aromatic nitrogens is 1. The predicted octanol–water partition coefficient (Wildman–Crippen LogP) is 1.75. The lowest BCUT2D eigenvalue weighted by Crippen LogP contribution is -2.14. The maximum absolute atomic E-state index is 11.6. The van der Waals surface area contributed by atoms with E-state index in [9.17, 15) is 4.79 Å². The summed E-state index contributed by atoms with van der Waals surface area (Å²) in [5.74, 6) is 1.71. The van der Waals surface area contributed by atoms with Gasteiger partial charge in [0.25, 0.3) is 0 Å². The normalized spacial score (nSPS) is 10.2. The van der Waals surface area contributed by atoms with Crippen LogP contribution < -0.4 is 11.1 Å². The van der Waals surface area contributed by atoms with Crippen LogP contribution in [0.5, 0.6) is 0 Å². The maximum Gasteiger partial charge on any atom is 0.232 e. The Labute approximate surface area is 98.6 Å². The quantitative estimate of drug-likeness (QED) is 0.843. The van der Waals surface area contributed by atoms with Gasteiger partial charge in [0.05, 0.1) is 18.3 Å². The zero-order chi connectivity index (χ0) is 12.3. The summed E-state index contributed by atoms with van der Waals surface area (Å²) in [6.07, 6.45) is 1.72. The fourth-order valence-electron chi connectivity index (χ4n) is 1.42. The average molecular weight is 231 g/mol. The van der Waals surface area contributed by atoms with E-state index in [1.807, 2.05) is 13.0 Å². The third kappa shape index (κ3) is 3.07. The van der Waals surface area contributed by atoms with Gasteiger partial charge in [0.15, 0.2) is 0 Å². The highest BCUT2D eigenvalue weighted by atomic mass is 16.3. The number of carbonyl (C=O) groups excluding carboxylic acids is 1. The van der Waals surface area contributed by atoms with Crippen LogP contribution in [0.1, 0.15) is 11.5 Å². The fraction of sp³-hybridized carbons (Fsp3) is 0.167. The van der Waals surface area contributed by atoms with Crippen LogP contribution >= 0.6 is 0 Å². The first-order valence-electron chi connectivity index (χ1n) is 5.20. The van der Waals surface area contributed by atoms with Gasteiger partial charge in [-0.15, -0.1) is 0 Å². The van der Waals surface area contributed by atoms with E-state index in [1.165, 1.54) is 6.20 Å². The first-order valence-corrected chi connectivity index (χ1v) is 5.20. The minimum absolute atomic E-state index is 0.147. The molecule has 1 amide bonds. The summed E-state index contributed by atoms with van der Waals surface area (Å²) >= 11 is 0. The molecular weight excluding hydrogens is 218 g/mol. The van der Waals surface area contributed by atoms with Crippen LogP contribution in [0, 0.1) is 6.92 Å². The Kier molecular flexibility index (Phi) is 3.09. The van der Waals surface area contributed by atoms with Crippen LogP contribution in [0.15, 0.2) is 34.9 Å². The molecule has 2 aromatic heterocycles. The lowest BCUT2D eigenvalue weighted by molar-refractivity contribution is -0.115. The molecule has 88 valence electrons. The third-order valence-electron chi connectivity index (χ3n) is 2.20. The van der Waals surface area contributed by atoms with Gasteiger partial charge in [-0.25, -0.2) is 4.98 Å². The van der Waals surface area contributed by atoms with Crippen molar-refractivity contribution in [3.05, 3.63) is 42.0 Å². The van der Waals surface area contributed by atoms with Gasteiger partial charge in [0.1, 0.15) is 17.3 Å². The summed E-state index contributed by atoms with van der Waals surface area (Å²) in [7, 11) is 0. The topological polar surface area (TPSA) is 81.2 Å². The van der Waals surface area contributed by atoms with Crippen LogP contribution in [-0.4, -0.2) is 10.9 Å². The number of rotatable bonds is 3. The maximum atomic E-state index is 11.6. The molecule has 0 bridgehead atoms. The lowest BCUT2D eigenvalue weighted by Gasteiger charge is -2.03. The van der Waals surface area contributed by atoms with Crippen LogP contribution in [-0.2, 0) is 11.2 Å². The van der Waals surface area contributed by atoms with Crippen molar-refractivity contribution in [1.29, 1.82) is 0 Å². The molecule has 2 aromatic rings. The highest BCUT2D eigenvalue weighted by Gasteiger charge is 2.07. The standard InChI is InChI=1S/C12H13N3O2/c1-8-2-4-10(17-8)6-12(16)15-9-3-5-11(13)14-7-9/h2-5,7H,6H2,1H3,(H2,13,14)(H,15,16). The highest BCUT2D eigenvalue weighted by Crippen LogP contribution is 2.10. The van der Waals surface area contributed by atoms with E-state index in [4.69, 9.17) is 10.2 Å². The SMILES string of the molecule is Cc1ccc(CC(=O)Nc2ccc(N)nc2)o1. The van der Waals surface area contributed by atoms with Crippen molar-refractivity contribution in [1.82, 2.24) is 4.98 Å². The second-order valence-corrected chi connectivity index (χ2v) is 3.71. The van der Waals surface area contributed by atoms with E-state index in [-0.39, 0.29) is 12.3 Å². The molecule has 0 unspecified atom stereocenters. The minimum atomic E-state index is -0.147. The first-order chi connectivity index (χ1) is 8.13. The van der Waals surface area contributed by atoms with E-state index >= 15 is 0 Å². The summed E-state index contributed by atoms with van der Waals surface area (Å²) < 4.78 is 5.31.